The van der Waals surface area contributed by atoms with Gasteiger partial charge in [0.25, 0.3) is 0 Å². The Morgan fingerprint density at radius 3 is 2.65 bits per heavy atom. The van der Waals surface area contributed by atoms with Gasteiger partial charge >= 0.3 is 5.97 Å². The summed E-state index contributed by atoms with van der Waals surface area (Å²) in [6.07, 6.45) is 10.9. The molecule has 1 spiro atoms. The molecule has 2 saturated carbocycles. The lowest BCUT2D eigenvalue weighted by Gasteiger charge is -2.44. The van der Waals surface area contributed by atoms with Crippen LogP contribution in [0.5, 0.6) is 0 Å². The Hall–Kier alpha value is -2.04. The van der Waals surface area contributed by atoms with E-state index in [9.17, 15) is 4.79 Å². The molecule has 140 valence electrons. The van der Waals surface area contributed by atoms with Crippen molar-refractivity contribution in [2.75, 3.05) is 17.2 Å². The summed E-state index contributed by atoms with van der Waals surface area (Å²) in [7, 11) is 0. The first kappa shape index (κ1) is 17.4. The molecule has 2 N–H and O–H groups in total. The average molecular weight is 355 g/mol. The van der Waals surface area contributed by atoms with Gasteiger partial charge in [0.15, 0.2) is 0 Å². The molecule has 0 bridgehead atoms. The number of amidine groups is 1. The molecule has 3 aliphatic rings. The van der Waals surface area contributed by atoms with Crippen LogP contribution in [-0.2, 0) is 4.74 Å². The molecular weight excluding hydrogens is 326 g/mol. The fourth-order valence-electron chi connectivity index (χ4n) is 4.55. The van der Waals surface area contributed by atoms with Crippen molar-refractivity contribution in [3.05, 3.63) is 23.8 Å². The van der Waals surface area contributed by atoms with Crippen LogP contribution >= 0.6 is 0 Å². The second-order valence-electron chi connectivity index (χ2n) is 7.79. The van der Waals surface area contributed by atoms with Gasteiger partial charge in [-0.1, -0.05) is 32.1 Å². The number of esters is 1. The summed E-state index contributed by atoms with van der Waals surface area (Å²) < 4.78 is 5.15. The summed E-state index contributed by atoms with van der Waals surface area (Å²) in [4.78, 5) is 17.2. The van der Waals surface area contributed by atoms with E-state index >= 15 is 0 Å². The Kier molecular flexibility index (Phi) is 4.88. The van der Waals surface area contributed by atoms with E-state index in [0.29, 0.717) is 18.2 Å². The minimum absolute atomic E-state index is 0.0702. The third kappa shape index (κ3) is 3.31. The maximum absolute atomic E-state index is 12.1. The maximum atomic E-state index is 12.1. The number of carbonyl (C=O) groups is 1. The number of rotatable bonds is 3. The Bertz CT molecular complexity index is 701. The number of nitrogens with zero attached hydrogens (tertiary/aromatic N) is 1. The molecule has 0 aromatic heterocycles. The van der Waals surface area contributed by atoms with Gasteiger partial charge in [-0.2, -0.15) is 0 Å². The van der Waals surface area contributed by atoms with E-state index in [-0.39, 0.29) is 11.5 Å². The maximum Gasteiger partial charge on any atom is 0.338 e. The summed E-state index contributed by atoms with van der Waals surface area (Å²) in [6, 6.07) is 6.17. The van der Waals surface area contributed by atoms with Crippen LogP contribution in [0, 0.1) is 0 Å². The number of carbonyl (C=O) groups excluding carboxylic acids is 1. The summed E-state index contributed by atoms with van der Waals surface area (Å²) >= 11 is 0. The predicted molar refractivity (Wildman–Crippen MR) is 105 cm³/mol. The predicted octanol–water partition coefficient (Wildman–Crippen LogP) is 4.74. The van der Waals surface area contributed by atoms with Gasteiger partial charge in [0.1, 0.15) is 5.84 Å². The highest BCUT2D eigenvalue weighted by molar-refractivity contribution is 6.10. The standard InChI is InChI=1S/C21H29N3O2/c1-2-26-19(25)15-10-11-17-18(14-15)23-20(22-16-8-4-5-9-16)21(24-17)12-6-3-7-13-21/h10-11,14,16,24H,2-9,12-13H2,1H3,(H,22,23). The number of aliphatic imine (C=N–C) groups is 1. The molecule has 0 atom stereocenters. The van der Waals surface area contributed by atoms with Crippen LogP contribution < -0.4 is 10.6 Å². The van der Waals surface area contributed by atoms with Crippen LogP contribution in [0.1, 0.15) is 75.1 Å². The first-order chi connectivity index (χ1) is 12.7. The van der Waals surface area contributed by atoms with Crippen molar-refractivity contribution >= 4 is 23.2 Å². The summed E-state index contributed by atoms with van der Waals surface area (Å²) in [5.41, 5.74) is 2.51. The summed E-state index contributed by atoms with van der Waals surface area (Å²) in [5, 5.41) is 7.39. The average Bonchev–Trinajstić information content (AvgIpc) is 3.16. The highest BCUT2D eigenvalue weighted by Crippen LogP contribution is 2.40. The fourth-order valence-corrected chi connectivity index (χ4v) is 4.55. The molecule has 1 aliphatic heterocycles. The Balaban J connectivity index is 1.67. The van der Waals surface area contributed by atoms with Gasteiger partial charge in [-0.3, -0.25) is 4.99 Å². The minimum atomic E-state index is -0.274. The van der Waals surface area contributed by atoms with Crippen molar-refractivity contribution in [1.29, 1.82) is 0 Å². The Labute approximate surface area is 155 Å². The van der Waals surface area contributed by atoms with Crippen molar-refractivity contribution in [3.63, 3.8) is 0 Å². The Morgan fingerprint density at radius 2 is 1.92 bits per heavy atom. The zero-order chi connectivity index (χ0) is 18.0. The molecule has 5 nitrogen and oxygen atoms in total. The second kappa shape index (κ2) is 7.29. The summed E-state index contributed by atoms with van der Waals surface area (Å²) in [6.45, 7) is 2.22. The lowest BCUT2D eigenvalue weighted by molar-refractivity contribution is 0.0526. The minimum Gasteiger partial charge on any atom is -0.462 e. The van der Waals surface area contributed by atoms with E-state index in [1.807, 2.05) is 25.1 Å². The third-order valence-corrected chi connectivity index (χ3v) is 5.95. The monoisotopic (exact) mass is 355 g/mol. The van der Waals surface area contributed by atoms with Gasteiger partial charge in [-0.05, 0) is 50.8 Å². The number of benzene rings is 1. The number of nitrogens with one attached hydrogen (secondary N) is 2. The molecule has 0 unspecified atom stereocenters. The summed E-state index contributed by atoms with van der Waals surface area (Å²) in [5.74, 6) is 0.807. The largest absolute Gasteiger partial charge is 0.462 e. The van der Waals surface area contributed by atoms with Crippen molar-refractivity contribution in [2.45, 2.75) is 76.3 Å². The van der Waals surface area contributed by atoms with Crippen LogP contribution in [0.4, 0.5) is 11.4 Å². The Morgan fingerprint density at radius 1 is 1.15 bits per heavy atom. The molecular formula is C21H29N3O2. The highest BCUT2D eigenvalue weighted by atomic mass is 16.5. The van der Waals surface area contributed by atoms with Crippen molar-refractivity contribution < 1.29 is 9.53 Å². The first-order valence-electron chi connectivity index (χ1n) is 10.1. The van der Waals surface area contributed by atoms with E-state index in [1.54, 1.807) is 0 Å². The van der Waals surface area contributed by atoms with Crippen LogP contribution in [0.2, 0.25) is 0 Å². The zero-order valence-electron chi connectivity index (χ0n) is 15.6. The fraction of sp³-hybridized carbons (Fsp3) is 0.619. The molecule has 26 heavy (non-hydrogen) atoms. The van der Waals surface area contributed by atoms with E-state index in [4.69, 9.17) is 9.73 Å². The normalized spacial score (nSPS) is 23.3. The molecule has 2 aliphatic carbocycles. The number of hydrogen-bond acceptors (Lipinski definition) is 4. The second-order valence-corrected chi connectivity index (χ2v) is 7.79. The van der Waals surface area contributed by atoms with Crippen LogP contribution in [0.3, 0.4) is 0 Å². The van der Waals surface area contributed by atoms with Crippen molar-refractivity contribution in [1.82, 2.24) is 0 Å². The molecule has 1 aromatic carbocycles. The first-order valence-corrected chi connectivity index (χ1v) is 10.1. The van der Waals surface area contributed by atoms with Crippen molar-refractivity contribution in [2.24, 2.45) is 4.99 Å². The number of hydrogen-bond donors (Lipinski definition) is 2. The molecule has 2 fully saturated rings. The van der Waals surface area contributed by atoms with Gasteiger partial charge < -0.3 is 15.4 Å². The zero-order valence-corrected chi connectivity index (χ0v) is 15.6. The molecule has 1 heterocycles. The van der Waals surface area contributed by atoms with Crippen molar-refractivity contribution in [3.8, 4) is 0 Å². The van der Waals surface area contributed by atoms with E-state index < -0.39 is 0 Å². The molecule has 4 rings (SSSR count). The quantitative estimate of drug-likeness (QED) is 0.769. The topological polar surface area (TPSA) is 62.7 Å². The molecule has 0 saturated heterocycles. The van der Waals surface area contributed by atoms with Gasteiger partial charge in [-0.15, -0.1) is 0 Å². The van der Waals surface area contributed by atoms with Crippen LogP contribution in [0.15, 0.2) is 23.2 Å². The highest BCUT2D eigenvalue weighted by Gasteiger charge is 2.41. The van der Waals surface area contributed by atoms with Gasteiger partial charge in [0.2, 0.25) is 0 Å². The lowest BCUT2D eigenvalue weighted by Crippen LogP contribution is -2.54. The molecule has 0 radical (unpaired) electrons. The van der Waals surface area contributed by atoms with Crippen LogP contribution in [-0.4, -0.2) is 30.0 Å². The molecule has 0 amide bonds. The molecule has 1 aromatic rings. The number of ether oxygens (including phenoxy) is 1. The lowest BCUT2D eigenvalue weighted by atomic mass is 9.79. The van der Waals surface area contributed by atoms with Gasteiger partial charge in [0.05, 0.1) is 35.1 Å². The van der Waals surface area contributed by atoms with Gasteiger partial charge in [0, 0.05) is 0 Å². The molecule has 5 heteroatoms. The number of anilines is 2. The third-order valence-electron chi connectivity index (χ3n) is 5.95. The van der Waals surface area contributed by atoms with E-state index in [1.165, 1.54) is 44.9 Å². The van der Waals surface area contributed by atoms with E-state index in [2.05, 4.69) is 10.6 Å². The number of fused-ring (bicyclic) bond motifs is 1. The van der Waals surface area contributed by atoms with Crippen LogP contribution in [0.25, 0.3) is 0 Å². The SMILES string of the molecule is CCOC(=O)c1ccc2c(c1)NC(=NC1CCCC1)C1(CCCCC1)N2. The van der Waals surface area contributed by atoms with E-state index in [0.717, 1.165) is 30.1 Å². The van der Waals surface area contributed by atoms with Gasteiger partial charge in [-0.25, -0.2) is 4.79 Å². The smallest absolute Gasteiger partial charge is 0.338 e.